The molecule has 2 aromatic rings. The third-order valence-corrected chi connectivity index (χ3v) is 5.13. The van der Waals surface area contributed by atoms with E-state index in [9.17, 15) is 9.59 Å². The predicted octanol–water partition coefficient (Wildman–Crippen LogP) is 2.20. The smallest absolute Gasteiger partial charge is 0.262 e. The van der Waals surface area contributed by atoms with Gasteiger partial charge in [-0.05, 0) is 25.1 Å². The van der Waals surface area contributed by atoms with Crippen molar-refractivity contribution in [3.05, 3.63) is 41.3 Å². The number of aromatic nitrogens is 2. The Morgan fingerprint density at radius 2 is 1.90 bits per heavy atom. The number of aryl methyl sites for hydroxylation is 1. The summed E-state index contributed by atoms with van der Waals surface area (Å²) in [5.74, 6) is 2.35. The molecule has 0 radical (unpaired) electrons. The molecule has 2 amide bonds. The summed E-state index contributed by atoms with van der Waals surface area (Å²) in [6.45, 7) is 8.80. The van der Waals surface area contributed by atoms with E-state index in [1.54, 1.807) is 18.2 Å². The summed E-state index contributed by atoms with van der Waals surface area (Å²) in [4.78, 5) is 37.6. The number of carbonyl (C=O) groups is 2. The molecular weight excluding hydrogens is 370 g/mol. The molecule has 2 aliphatic rings. The number of benzene rings is 1. The number of carbonyl (C=O) groups excluding carboxylic acids is 2. The SMILES string of the molecule is Cc1cc(N2CCN(C(=O)c3ccc4c(c3)OCC(=O)N4)CC2)nc(C(C)C)n1. The van der Waals surface area contributed by atoms with Crippen LogP contribution in [0, 0.1) is 6.92 Å². The molecule has 1 aromatic carbocycles. The van der Waals surface area contributed by atoms with Crippen LogP contribution >= 0.6 is 0 Å². The summed E-state index contributed by atoms with van der Waals surface area (Å²) in [7, 11) is 0. The zero-order chi connectivity index (χ0) is 20.5. The normalized spacial score (nSPS) is 16.3. The first kappa shape index (κ1) is 19.2. The number of piperazine rings is 1. The molecular formula is C21H25N5O3. The second-order valence-corrected chi connectivity index (χ2v) is 7.71. The Morgan fingerprint density at radius 1 is 1.14 bits per heavy atom. The second kappa shape index (κ2) is 7.69. The molecule has 1 N–H and O–H groups in total. The molecule has 29 heavy (non-hydrogen) atoms. The first-order valence-electron chi connectivity index (χ1n) is 9.87. The van der Waals surface area contributed by atoms with Crippen molar-refractivity contribution in [2.24, 2.45) is 0 Å². The maximum atomic E-state index is 12.9. The number of anilines is 2. The second-order valence-electron chi connectivity index (χ2n) is 7.71. The third-order valence-electron chi connectivity index (χ3n) is 5.13. The van der Waals surface area contributed by atoms with Gasteiger partial charge < -0.3 is 19.9 Å². The predicted molar refractivity (Wildman–Crippen MR) is 110 cm³/mol. The van der Waals surface area contributed by atoms with E-state index in [4.69, 9.17) is 9.72 Å². The minimum absolute atomic E-state index is 0.0277. The Morgan fingerprint density at radius 3 is 2.62 bits per heavy atom. The summed E-state index contributed by atoms with van der Waals surface area (Å²) in [5.41, 5.74) is 2.12. The zero-order valence-electron chi connectivity index (χ0n) is 16.9. The molecule has 3 heterocycles. The van der Waals surface area contributed by atoms with E-state index in [-0.39, 0.29) is 24.3 Å². The van der Waals surface area contributed by atoms with Crippen LogP contribution in [0.15, 0.2) is 24.3 Å². The van der Waals surface area contributed by atoms with Gasteiger partial charge >= 0.3 is 0 Å². The topological polar surface area (TPSA) is 87.7 Å². The van der Waals surface area contributed by atoms with E-state index in [1.165, 1.54) is 0 Å². The van der Waals surface area contributed by atoms with E-state index in [0.717, 1.165) is 30.4 Å². The van der Waals surface area contributed by atoms with Gasteiger partial charge in [0, 0.05) is 49.4 Å². The molecule has 152 valence electrons. The van der Waals surface area contributed by atoms with Crippen molar-refractivity contribution >= 4 is 23.3 Å². The summed E-state index contributed by atoms with van der Waals surface area (Å²) in [5, 5.41) is 2.74. The lowest BCUT2D eigenvalue weighted by molar-refractivity contribution is -0.118. The molecule has 2 aliphatic heterocycles. The molecule has 1 fully saturated rings. The summed E-state index contributed by atoms with van der Waals surface area (Å²) in [6, 6.07) is 7.14. The Labute approximate surface area is 169 Å². The quantitative estimate of drug-likeness (QED) is 0.857. The van der Waals surface area contributed by atoms with Crippen LogP contribution in [0.1, 0.15) is 41.6 Å². The van der Waals surface area contributed by atoms with E-state index in [0.29, 0.717) is 30.1 Å². The third kappa shape index (κ3) is 4.01. The minimum atomic E-state index is -0.187. The number of ether oxygens (including phenoxy) is 1. The number of rotatable bonds is 3. The van der Waals surface area contributed by atoms with Crippen LogP contribution in [0.3, 0.4) is 0 Å². The molecule has 1 aromatic heterocycles. The van der Waals surface area contributed by atoms with Gasteiger partial charge in [-0.1, -0.05) is 13.8 Å². The maximum absolute atomic E-state index is 12.9. The van der Waals surface area contributed by atoms with Gasteiger partial charge in [-0.15, -0.1) is 0 Å². The largest absolute Gasteiger partial charge is 0.482 e. The lowest BCUT2D eigenvalue weighted by atomic mass is 10.1. The molecule has 0 bridgehead atoms. The zero-order valence-corrected chi connectivity index (χ0v) is 16.9. The van der Waals surface area contributed by atoms with Crippen molar-refractivity contribution < 1.29 is 14.3 Å². The van der Waals surface area contributed by atoms with Gasteiger partial charge in [-0.3, -0.25) is 9.59 Å². The molecule has 0 saturated carbocycles. The van der Waals surface area contributed by atoms with Crippen LogP contribution in [0.4, 0.5) is 11.5 Å². The monoisotopic (exact) mass is 395 g/mol. The molecule has 0 unspecified atom stereocenters. The first-order chi connectivity index (χ1) is 13.9. The number of fused-ring (bicyclic) bond motifs is 1. The van der Waals surface area contributed by atoms with Crippen LogP contribution in [0.5, 0.6) is 5.75 Å². The van der Waals surface area contributed by atoms with E-state index >= 15 is 0 Å². The van der Waals surface area contributed by atoms with Crippen molar-refractivity contribution in [3.63, 3.8) is 0 Å². The average molecular weight is 395 g/mol. The number of amides is 2. The van der Waals surface area contributed by atoms with Crippen LogP contribution in [-0.4, -0.2) is 59.5 Å². The Bertz CT molecular complexity index is 951. The van der Waals surface area contributed by atoms with Gasteiger partial charge in [0.2, 0.25) is 0 Å². The molecule has 0 spiro atoms. The molecule has 0 aliphatic carbocycles. The van der Waals surface area contributed by atoms with Gasteiger partial charge in [-0.25, -0.2) is 9.97 Å². The standard InChI is InChI=1S/C21H25N5O3/c1-13(2)20-22-14(3)10-18(24-20)25-6-8-26(9-7-25)21(28)15-4-5-16-17(11-15)29-12-19(27)23-16/h4-5,10-11,13H,6-9,12H2,1-3H3,(H,23,27). The van der Waals surface area contributed by atoms with E-state index < -0.39 is 0 Å². The van der Waals surface area contributed by atoms with Crippen molar-refractivity contribution in [2.45, 2.75) is 26.7 Å². The highest BCUT2D eigenvalue weighted by Gasteiger charge is 2.25. The summed E-state index contributed by atoms with van der Waals surface area (Å²) < 4.78 is 5.43. The highest BCUT2D eigenvalue weighted by atomic mass is 16.5. The fraction of sp³-hybridized carbons (Fsp3) is 0.429. The van der Waals surface area contributed by atoms with E-state index in [1.807, 2.05) is 17.9 Å². The van der Waals surface area contributed by atoms with Gasteiger partial charge in [0.05, 0.1) is 5.69 Å². The average Bonchev–Trinajstić information content (AvgIpc) is 2.72. The first-order valence-corrected chi connectivity index (χ1v) is 9.87. The molecule has 8 nitrogen and oxygen atoms in total. The van der Waals surface area contributed by atoms with Gasteiger partial charge in [-0.2, -0.15) is 0 Å². The highest BCUT2D eigenvalue weighted by Crippen LogP contribution is 2.29. The van der Waals surface area contributed by atoms with Crippen LogP contribution < -0.4 is 15.0 Å². The lowest BCUT2D eigenvalue weighted by Crippen LogP contribution is -2.49. The molecule has 1 saturated heterocycles. The van der Waals surface area contributed by atoms with Crippen molar-refractivity contribution in [1.29, 1.82) is 0 Å². The van der Waals surface area contributed by atoms with Gasteiger partial charge in [0.1, 0.15) is 17.4 Å². The summed E-state index contributed by atoms with van der Waals surface area (Å²) >= 11 is 0. The fourth-order valence-corrected chi connectivity index (χ4v) is 3.52. The highest BCUT2D eigenvalue weighted by molar-refractivity contribution is 5.99. The maximum Gasteiger partial charge on any atom is 0.262 e. The van der Waals surface area contributed by atoms with Crippen molar-refractivity contribution in [2.75, 3.05) is 43.0 Å². The van der Waals surface area contributed by atoms with E-state index in [2.05, 4.69) is 29.0 Å². The number of hydrogen-bond acceptors (Lipinski definition) is 6. The Balaban J connectivity index is 1.43. The molecule has 0 atom stereocenters. The molecule has 4 rings (SSSR count). The van der Waals surface area contributed by atoms with Gasteiger partial charge in [0.25, 0.3) is 11.8 Å². The number of nitrogens with one attached hydrogen (secondary N) is 1. The van der Waals surface area contributed by atoms with Crippen LogP contribution in [-0.2, 0) is 4.79 Å². The molecule has 8 heteroatoms. The minimum Gasteiger partial charge on any atom is -0.482 e. The fourth-order valence-electron chi connectivity index (χ4n) is 3.52. The van der Waals surface area contributed by atoms with Crippen molar-refractivity contribution in [1.82, 2.24) is 14.9 Å². The van der Waals surface area contributed by atoms with Crippen molar-refractivity contribution in [3.8, 4) is 5.75 Å². The number of nitrogens with zero attached hydrogens (tertiary/aromatic N) is 4. The summed E-state index contributed by atoms with van der Waals surface area (Å²) in [6.07, 6.45) is 0. The van der Waals surface area contributed by atoms with Crippen LogP contribution in [0.2, 0.25) is 0 Å². The Kier molecular flexibility index (Phi) is 5.08. The Hall–Kier alpha value is -3.16. The van der Waals surface area contributed by atoms with Crippen LogP contribution in [0.25, 0.3) is 0 Å². The van der Waals surface area contributed by atoms with Gasteiger partial charge in [0.15, 0.2) is 6.61 Å². The lowest BCUT2D eigenvalue weighted by Gasteiger charge is -2.35. The number of hydrogen-bond donors (Lipinski definition) is 1.